The Hall–Kier alpha value is -6.76. The molecule has 3 heterocycles. The SMILES string of the molecule is C=CO/N=C(/C(=O)NC1C(=O)N2C(C(=O)OC(c3ccccc3)c3ccccc3)=C(C)CSC12)c1csc(NC(c2ccccc2)(c2ccccc2)c2ccccc2)n1. The topological polar surface area (TPSA) is 122 Å². The normalized spacial score (nSPS) is 16.5. The number of amides is 2. The fraction of sp³-hybridized carbons (Fsp3) is 0.128. The van der Waals surface area contributed by atoms with Gasteiger partial charge in [-0.2, -0.15) is 0 Å². The number of benzene rings is 5. The largest absolute Gasteiger partial charge is 0.448 e. The quantitative estimate of drug-likeness (QED) is 0.0281. The summed E-state index contributed by atoms with van der Waals surface area (Å²) in [6.45, 7) is 5.39. The molecule has 10 nitrogen and oxygen atoms in total. The highest BCUT2D eigenvalue weighted by atomic mass is 32.2. The van der Waals surface area contributed by atoms with Crippen molar-refractivity contribution >= 4 is 51.7 Å². The third-order valence-electron chi connectivity index (χ3n) is 10.2. The molecule has 1 fully saturated rings. The lowest BCUT2D eigenvalue weighted by Crippen LogP contribution is -2.71. The zero-order chi connectivity index (χ0) is 40.8. The predicted octanol–water partition coefficient (Wildman–Crippen LogP) is 8.42. The summed E-state index contributed by atoms with van der Waals surface area (Å²) in [6, 6.07) is 48.3. The number of thioether (sulfide) groups is 1. The molecule has 2 N–H and O–H groups in total. The Labute approximate surface area is 350 Å². The van der Waals surface area contributed by atoms with E-state index in [1.165, 1.54) is 28.0 Å². The van der Waals surface area contributed by atoms with Gasteiger partial charge in [0, 0.05) is 11.1 Å². The van der Waals surface area contributed by atoms with E-state index >= 15 is 0 Å². The lowest BCUT2D eigenvalue weighted by Gasteiger charge is -2.49. The number of oxime groups is 1. The van der Waals surface area contributed by atoms with Gasteiger partial charge in [-0.25, -0.2) is 9.78 Å². The second-order valence-corrected chi connectivity index (χ2v) is 15.8. The molecule has 0 saturated carbocycles. The van der Waals surface area contributed by atoms with Crippen LogP contribution in [0.25, 0.3) is 0 Å². The van der Waals surface area contributed by atoms with Crippen molar-refractivity contribution in [2.24, 2.45) is 5.16 Å². The molecule has 2 amide bonds. The van der Waals surface area contributed by atoms with Crippen LogP contribution in [-0.4, -0.2) is 50.5 Å². The van der Waals surface area contributed by atoms with Crippen molar-refractivity contribution in [3.63, 3.8) is 0 Å². The van der Waals surface area contributed by atoms with Gasteiger partial charge in [-0.1, -0.05) is 163 Å². The summed E-state index contributed by atoms with van der Waals surface area (Å²) in [4.78, 5) is 53.4. The van der Waals surface area contributed by atoms with Gasteiger partial charge in [-0.3, -0.25) is 14.5 Å². The highest BCUT2D eigenvalue weighted by Crippen LogP contribution is 2.43. The first-order valence-electron chi connectivity index (χ1n) is 18.9. The van der Waals surface area contributed by atoms with Gasteiger partial charge in [0.05, 0.1) is 0 Å². The number of anilines is 1. The van der Waals surface area contributed by atoms with Crippen molar-refractivity contribution in [2.45, 2.75) is 30.0 Å². The summed E-state index contributed by atoms with van der Waals surface area (Å²) in [7, 11) is 0. The van der Waals surface area contributed by atoms with Crippen molar-refractivity contribution in [2.75, 3.05) is 11.1 Å². The van der Waals surface area contributed by atoms with Crippen molar-refractivity contribution in [1.29, 1.82) is 0 Å². The van der Waals surface area contributed by atoms with E-state index in [4.69, 9.17) is 14.6 Å². The van der Waals surface area contributed by atoms with Gasteiger partial charge in [0.15, 0.2) is 16.9 Å². The minimum Gasteiger partial charge on any atom is -0.448 e. The van der Waals surface area contributed by atoms with Gasteiger partial charge in [0.1, 0.15) is 34.6 Å². The third-order valence-corrected chi connectivity index (χ3v) is 12.3. The van der Waals surface area contributed by atoms with Crippen LogP contribution in [0.3, 0.4) is 0 Å². The summed E-state index contributed by atoms with van der Waals surface area (Å²) < 4.78 is 6.17. The molecular weight excluding hydrogens is 779 g/mol. The fourth-order valence-electron chi connectivity index (χ4n) is 7.39. The number of hydrogen-bond donors (Lipinski definition) is 2. The average molecular weight is 818 g/mol. The Balaban J connectivity index is 1.04. The summed E-state index contributed by atoms with van der Waals surface area (Å²) in [5.41, 5.74) is 4.65. The number of fused-ring (bicyclic) bond motifs is 1. The van der Waals surface area contributed by atoms with Crippen LogP contribution in [0.1, 0.15) is 46.5 Å². The summed E-state index contributed by atoms with van der Waals surface area (Å²) >= 11 is 2.75. The number of ether oxygens (including phenoxy) is 1. The van der Waals surface area contributed by atoms with Crippen LogP contribution < -0.4 is 10.6 Å². The van der Waals surface area contributed by atoms with E-state index in [1.54, 1.807) is 5.38 Å². The molecule has 0 radical (unpaired) electrons. The molecule has 1 saturated heterocycles. The highest BCUT2D eigenvalue weighted by molar-refractivity contribution is 8.00. The number of carbonyl (C=O) groups excluding carboxylic acids is 3. The summed E-state index contributed by atoms with van der Waals surface area (Å²) in [6.07, 6.45) is 0.408. The van der Waals surface area contributed by atoms with Crippen LogP contribution >= 0.6 is 23.1 Å². The van der Waals surface area contributed by atoms with Crippen LogP contribution in [0.2, 0.25) is 0 Å². The van der Waals surface area contributed by atoms with E-state index in [1.807, 2.05) is 122 Å². The first-order valence-corrected chi connectivity index (χ1v) is 20.8. The zero-order valence-corrected chi connectivity index (χ0v) is 33.6. The van der Waals surface area contributed by atoms with E-state index in [0.29, 0.717) is 16.5 Å². The second-order valence-electron chi connectivity index (χ2n) is 13.8. The van der Waals surface area contributed by atoms with Gasteiger partial charge in [-0.15, -0.1) is 23.1 Å². The zero-order valence-electron chi connectivity index (χ0n) is 31.9. The molecule has 2 aliphatic rings. The van der Waals surface area contributed by atoms with Gasteiger partial charge in [-0.05, 0) is 40.3 Å². The van der Waals surface area contributed by atoms with Crippen LogP contribution in [0.4, 0.5) is 5.13 Å². The van der Waals surface area contributed by atoms with E-state index in [-0.39, 0.29) is 17.1 Å². The van der Waals surface area contributed by atoms with Gasteiger partial charge in [0.2, 0.25) is 0 Å². The van der Waals surface area contributed by atoms with E-state index in [2.05, 4.69) is 58.8 Å². The monoisotopic (exact) mass is 817 g/mol. The van der Waals surface area contributed by atoms with Gasteiger partial charge in [0.25, 0.3) is 11.8 Å². The van der Waals surface area contributed by atoms with Crippen molar-refractivity contribution in [3.8, 4) is 0 Å². The van der Waals surface area contributed by atoms with Crippen LogP contribution in [0, 0.1) is 0 Å². The number of rotatable bonds is 14. The first kappa shape index (κ1) is 39.1. The molecule has 0 aliphatic carbocycles. The molecule has 294 valence electrons. The number of β-lactam (4-membered cyclic amide) rings is 1. The van der Waals surface area contributed by atoms with Crippen LogP contribution in [0.5, 0.6) is 0 Å². The molecule has 2 atom stereocenters. The molecule has 0 spiro atoms. The van der Waals surface area contributed by atoms with Crippen molar-refractivity contribution < 1.29 is 24.0 Å². The Morgan fingerprint density at radius 3 is 1.85 bits per heavy atom. The molecule has 1 aromatic heterocycles. The molecular formula is C47H39N5O5S2. The number of nitrogens with one attached hydrogen (secondary N) is 2. The Morgan fingerprint density at radius 1 is 0.831 bits per heavy atom. The van der Waals surface area contributed by atoms with Gasteiger partial charge < -0.3 is 20.2 Å². The molecule has 6 aromatic rings. The summed E-state index contributed by atoms with van der Waals surface area (Å²) in [5.74, 6) is -1.28. The Morgan fingerprint density at radius 2 is 1.34 bits per heavy atom. The maximum absolute atomic E-state index is 14.1. The van der Waals surface area contributed by atoms with Crippen LogP contribution in [0.15, 0.2) is 186 Å². The van der Waals surface area contributed by atoms with Crippen LogP contribution in [-0.2, 0) is 29.5 Å². The maximum atomic E-state index is 14.1. The average Bonchev–Trinajstić information content (AvgIpc) is 3.75. The van der Waals surface area contributed by atoms with E-state index < -0.39 is 40.8 Å². The number of carbonyl (C=O) groups is 3. The first-order chi connectivity index (χ1) is 28.9. The number of thiazole rings is 1. The molecule has 59 heavy (non-hydrogen) atoms. The number of nitrogens with zero attached hydrogens (tertiary/aromatic N) is 3. The van der Waals surface area contributed by atoms with Crippen molar-refractivity contribution in [3.05, 3.63) is 215 Å². The lowest BCUT2D eigenvalue weighted by molar-refractivity contribution is -0.154. The maximum Gasteiger partial charge on any atom is 0.356 e. The summed E-state index contributed by atoms with van der Waals surface area (Å²) in [5, 5.41) is 12.3. The smallest absolute Gasteiger partial charge is 0.356 e. The number of esters is 1. The molecule has 5 aromatic carbocycles. The van der Waals surface area contributed by atoms with Crippen molar-refractivity contribution in [1.82, 2.24) is 15.2 Å². The second kappa shape index (κ2) is 17.4. The fourth-order valence-corrected chi connectivity index (χ4v) is 9.44. The lowest BCUT2D eigenvalue weighted by atomic mass is 9.77. The minimum absolute atomic E-state index is 0.147. The predicted molar refractivity (Wildman–Crippen MR) is 231 cm³/mol. The molecule has 2 unspecified atom stereocenters. The number of hydrogen-bond acceptors (Lipinski definition) is 10. The number of aromatic nitrogens is 1. The highest BCUT2D eigenvalue weighted by Gasteiger charge is 2.54. The molecule has 2 aliphatic heterocycles. The third kappa shape index (κ3) is 7.80. The molecule has 8 rings (SSSR count). The van der Waals surface area contributed by atoms with Gasteiger partial charge >= 0.3 is 5.97 Å². The standard InChI is InChI=1S/C47H39N5O5S2/c1-3-56-51-38(37-30-59-46(48-37)50-47(34-23-13-6-14-24-34,35-25-15-7-16-26-35)36-27-17-8-18-28-36)42(53)49-39-43(54)52-40(31(2)29-58-44(39)52)45(55)57-41(32-19-9-4-10-20-32)33-21-11-5-12-22-33/h3-28,30,39,41,44H,1,29H2,2H3,(H,48,50)(H,49,53)/b51-38+. The Kier molecular flexibility index (Phi) is 11.5. The molecule has 0 bridgehead atoms. The van der Waals surface area contributed by atoms with E-state index in [0.717, 1.165) is 34.1 Å². The minimum atomic E-state index is -0.950. The molecule has 12 heteroatoms. The Bertz CT molecular complexity index is 2380. The van der Waals surface area contributed by atoms with E-state index in [9.17, 15) is 14.4 Å².